The molecule has 1 aromatic carbocycles. The molecular weight excluding hydrogens is 170 g/mol. The third-order valence-corrected chi connectivity index (χ3v) is 3.96. The van der Waals surface area contributed by atoms with Crippen LogP contribution in [0.2, 0.25) is 0 Å². The molecule has 3 rings (SSSR count). The summed E-state index contributed by atoms with van der Waals surface area (Å²) in [6.07, 6.45) is 5.52. The van der Waals surface area contributed by atoms with Gasteiger partial charge in [0.1, 0.15) is 0 Å². The van der Waals surface area contributed by atoms with Gasteiger partial charge in [-0.15, -0.1) is 0 Å². The van der Waals surface area contributed by atoms with Crippen molar-refractivity contribution < 1.29 is 0 Å². The Balaban J connectivity index is 1.78. The van der Waals surface area contributed by atoms with Gasteiger partial charge in [0.05, 0.1) is 0 Å². The first-order chi connectivity index (χ1) is 6.89. The van der Waals surface area contributed by atoms with Crippen LogP contribution in [0.5, 0.6) is 0 Å². The summed E-state index contributed by atoms with van der Waals surface area (Å²) in [4.78, 5) is 2.68. The summed E-state index contributed by atoms with van der Waals surface area (Å²) in [5, 5.41) is 0. The first kappa shape index (κ1) is 8.49. The molecular formula is C13H17N. The van der Waals surface area contributed by atoms with Gasteiger partial charge in [-0.05, 0) is 37.8 Å². The van der Waals surface area contributed by atoms with Gasteiger partial charge in [-0.25, -0.2) is 0 Å². The zero-order valence-corrected chi connectivity index (χ0v) is 8.58. The Hall–Kier alpha value is -0.820. The summed E-state index contributed by atoms with van der Waals surface area (Å²) in [6.45, 7) is 2.68. The minimum absolute atomic E-state index is 0.571. The number of hydrogen-bond acceptors (Lipinski definition) is 1. The molecule has 74 valence electrons. The van der Waals surface area contributed by atoms with Gasteiger partial charge in [-0.1, -0.05) is 30.3 Å². The Morgan fingerprint density at radius 1 is 1.07 bits per heavy atom. The van der Waals surface area contributed by atoms with Crippen LogP contribution in [0, 0.1) is 0 Å². The van der Waals surface area contributed by atoms with E-state index in [1.165, 1.54) is 44.3 Å². The topological polar surface area (TPSA) is 3.24 Å². The van der Waals surface area contributed by atoms with Crippen molar-refractivity contribution in [1.29, 1.82) is 0 Å². The molecule has 1 aromatic rings. The predicted molar refractivity (Wildman–Crippen MR) is 58.3 cm³/mol. The number of hydrogen-bond donors (Lipinski definition) is 0. The second-order valence-corrected chi connectivity index (χ2v) is 4.73. The maximum Gasteiger partial charge on any atom is 0.0262 e. The minimum atomic E-state index is 0.571. The highest BCUT2D eigenvalue weighted by molar-refractivity contribution is 5.20. The Morgan fingerprint density at radius 3 is 2.57 bits per heavy atom. The van der Waals surface area contributed by atoms with Crippen LogP contribution in [0.1, 0.15) is 24.8 Å². The molecule has 1 atom stereocenters. The summed E-state index contributed by atoms with van der Waals surface area (Å²) in [6, 6.07) is 11.0. The molecule has 2 aliphatic rings. The lowest BCUT2D eigenvalue weighted by atomic mass is 9.79. The number of fused-ring (bicyclic) bond motifs is 1. The molecule has 1 heteroatoms. The van der Waals surface area contributed by atoms with E-state index in [0.717, 1.165) is 0 Å². The van der Waals surface area contributed by atoms with Crippen molar-refractivity contribution in [3.05, 3.63) is 35.9 Å². The maximum atomic E-state index is 2.68. The lowest BCUT2D eigenvalue weighted by Gasteiger charge is -2.48. The molecule has 2 heterocycles. The van der Waals surface area contributed by atoms with E-state index in [1.54, 1.807) is 0 Å². The van der Waals surface area contributed by atoms with E-state index in [9.17, 15) is 0 Å². The third kappa shape index (κ3) is 1.19. The molecule has 0 aromatic heterocycles. The van der Waals surface area contributed by atoms with Crippen LogP contribution in [0.3, 0.4) is 0 Å². The summed E-state index contributed by atoms with van der Waals surface area (Å²) >= 11 is 0. The monoisotopic (exact) mass is 187 g/mol. The molecule has 14 heavy (non-hydrogen) atoms. The van der Waals surface area contributed by atoms with E-state index in [4.69, 9.17) is 0 Å². The first-order valence-corrected chi connectivity index (χ1v) is 5.68. The summed E-state index contributed by atoms with van der Waals surface area (Å²) < 4.78 is 0. The van der Waals surface area contributed by atoms with Crippen LogP contribution in [-0.4, -0.2) is 23.5 Å². The fraction of sp³-hybridized carbons (Fsp3) is 0.538. The molecule has 1 unspecified atom stereocenters. The van der Waals surface area contributed by atoms with E-state index in [1.807, 2.05) is 0 Å². The van der Waals surface area contributed by atoms with E-state index in [0.29, 0.717) is 5.54 Å². The van der Waals surface area contributed by atoms with Gasteiger partial charge in [0.2, 0.25) is 0 Å². The van der Waals surface area contributed by atoms with Crippen LogP contribution in [0.15, 0.2) is 30.3 Å². The van der Waals surface area contributed by atoms with Crippen LogP contribution in [-0.2, 0) is 6.42 Å². The van der Waals surface area contributed by atoms with Crippen LogP contribution >= 0.6 is 0 Å². The lowest BCUT2D eigenvalue weighted by Crippen LogP contribution is -2.56. The molecule has 0 aliphatic carbocycles. The van der Waals surface area contributed by atoms with Crippen LogP contribution in [0.25, 0.3) is 0 Å². The van der Waals surface area contributed by atoms with Crippen molar-refractivity contribution in [2.24, 2.45) is 0 Å². The summed E-state index contributed by atoms with van der Waals surface area (Å²) in [7, 11) is 0. The van der Waals surface area contributed by atoms with Crippen molar-refractivity contribution in [2.75, 3.05) is 13.1 Å². The van der Waals surface area contributed by atoms with Gasteiger partial charge in [-0.3, -0.25) is 4.90 Å². The van der Waals surface area contributed by atoms with Crippen molar-refractivity contribution in [3.63, 3.8) is 0 Å². The van der Waals surface area contributed by atoms with Crippen molar-refractivity contribution in [3.8, 4) is 0 Å². The molecule has 2 aliphatic heterocycles. The highest BCUT2D eigenvalue weighted by Crippen LogP contribution is 2.42. The molecule has 2 fully saturated rings. The Morgan fingerprint density at radius 2 is 1.93 bits per heavy atom. The van der Waals surface area contributed by atoms with E-state index < -0.39 is 0 Å². The second-order valence-electron chi connectivity index (χ2n) is 4.73. The highest BCUT2D eigenvalue weighted by Gasteiger charge is 2.47. The fourth-order valence-electron chi connectivity index (χ4n) is 3.08. The SMILES string of the molecule is c1ccc(CC23CCCN2CC3)cc1. The minimum Gasteiger partial charge on any atom is -0.297 e. The van der Waals surface area contributed by atoms with Gasteiger partial charge in [0.15, 0.2) is 0 Å². The molecule has 2 saturated heterocycles. The van der Waals surface area contributed by atoms with Gasteiger partial charge in [-0.2, -0.15) is 0 Å². The quantitative estimate of drug-likeness (QED) is 0.687. The maximum absolute atomic E-state index is 2.68. The van der Waals surface area contributed by atoms with Gasteiger partial charge in [0, 0.05) is 12.1 Å². The van der Waals surface area contributed by atoms with Crippen molar-refractivity contribution in [1.82, 2.24) is 4.90 Å². The highest BCUT2D eigenvalue weighted by atomic mass is 15.3. The molecule has 0 amide bonds. The average molecular weight is 187 g/mol. The standard InChI is InChI=1S/C13H17N/c1-2-5-12(6-3-1)11-13-7-4-9-14(13)10-8-13/h1-3,5-6H,4,7-11H2. The van der Waals surface area contributed by atoms with Crippen molar-refractivity contribution >= 4 is 0 Å². The second kappa shape index (κ2) is 3.09. The average Bonchev–Trinajstić information content (AvgIpc) is 2.47. The predicted octanol–water partition coefficient (Wildman–Crippen LogP) is 2.47. The van der Waals surface area contributed by atoms with Crippen LogP contribution < -0.4 is 0 Å². The molecule has 0 radical (unpaired) electrons. The van der Waals surface area contributed by atoms with E-state index in [-0.39, 0.29) is 0 Å². The van der Waals surface area contributed by atoms with E-state index >= 15 is 0 Å². The zero-order valence-electron chi connectivity index (χ0n) is 8.58. The van der Waals surface area contributed by atoms with Crippen molar-refractivity contribution in [2.45, 2.75) is 31.2 Å². The summed E-state index contributed by atoms with van der Waals surface area (Å²) in [5.74, 6) is 0. The molecule has 0 bridgehead atoms. The normalized spacial score (nSPS) is 31.1. The smallest absolute Gasteiger partial charge is 0.0262 e. The summed E-state index contributed by atoms with van der Waals surface area (Å²) in [5.41, 5.74) is 2.08. The van der Waals surface area contributed by atoms with Gasteiger partial charge >= 0.3 is 0 Å². The fourth-order valence-corrected chi connectivity index (χ4v) is 3.08. The Bertz CT molecular complexity index is 319. The Labute approximate surface area is 85.7 Å². The van der Waals surface area contributed by atoms with Crippen LogP contribution in [0.4, 0.5) is 0 Å². The molecule has 0 saturated carbocycles. The molecule has 1 nitrogen and oxygen atoms in total. The number of rotatable bonds is 2. The number of nitrogens with zero attached hydrogens (tertiary/aromatic N) is 1. The lowest BCUT2D eigenvalue weighted by molar-refractivity contribution is 0.0281. The van der Waals surface area contributed by atoms with Gasteiger partial charge in [0.25, 0.3) is 0 Å². The zero-order chi connectivity index (χ0) is 9.43. The largest absolute Gasteiger partial charge is 0.297 e. The molecule has 0 N–H and O–H groups in total. The first-order valence-electron chi connectivity index (χ1n) is 5.68. The van der Waals surface area contributed by atoms with Gasteiger partial charge < -0.3 is 0 Å². The molecule has 0 spiro atoms. The Kier molecular flexibility index (Phi) is 1.88. The van der Waals surface area contributed by atoms with E-state index in [2.05, 4.69) is 35.2 Å². The number of benzene rings is 1. The third-order valence-electron chi connectivity index (χ3n) is 3.96.